The quantitative estimate of drug-likeness (QED) is 0.499. The van der Waals surface area contributed by atoms with Crippen LogP contribution in [0.5, 0.6) is 0 Å². The summed E-state index contributed by atoms with van der Waals surface area (Å²) in [7, 11) is 0. The smallest absolute Gasteiger partial charge is 0.191 e. The van der Waals surface area contributed by atoms with E-state index in [1.54, 1.807) is 0 Å². The van der Waals surface area contributed by atoms with Crippen LogP contribution in [0.3, 0.4) is 0 Å². The highest BCUT2D eigenvalue weighted by atomic mass is 16.3. The number of hydrogen-bond acceptors (Lipinski definition) is 2. The van der Waals surface area contributed by atoms with Crippen molar-refractivity contribution in [3.05, 3.63) is 0 Å². The Labute approximate surface area is 173 Å². The van der Waals surface area contributed by atoms with Gasteiger partial charge in [-0.3, -0.25) is 5.41 Å². The van der Waals surface area contributed by atoms with Crippen molar-refractivity contribution in [1.29, 1.82) is 5.41 Å². The van der Waals surface area contributed by atoms with Crippen LogP contribution in [0.1, 0.15) is 104 Å². The van der Waals surface area contributed by atoms with Gasteiger partial charge < -0.3 is 15.3 Å². The zero-order chi connectivity index (χ0) is 20.0. The lowest BCUT2D eigenvalue weighted by Gasteiger charge is -2.37. The van der Waals surface area contributed by atoms with Gasteiger partial charge in [0.05, 0.1) is 18.2 Å². The Balaban J connectivity index is 1.68. The molecule has 0 aromatic heterocycles. The van der Waals surface area contributed by atoms with Gasteiger partial charge in [-0.15, -0.1) is 0 Å². The molecule has 1 saturated heterocycles. The van der Waals surface area contributed by atoms with Gasteiger partial charge in [0.25, 0.3) is 0 Å². The lowest BCUT2D eigenvalue weighted by molar-refractivity contribution is 0.141. The van der Waals surface area contributed by atoms with Gasteiger partial charge in [0.1, 0.15) is 0 Å². The molecule has 3 N–H and O–H groups in total. The summed E-state index contributed by atoms with van der Waals surface area (Å²) in [5.41, 5.74) is 0.0565. The lowest BCUT2D eigenvalue weighted by atomic mass is 9.75. The number of guanidine groups is 1. The maximum absolute atomic E-state index is 10.0. The summed E-state index contributed by atoms with van der Waals surface area (Å²) in [5, 5.41) is 22.4. The van der Waals surface area contributed by atoms with Gasteiger partial charge >= 0.3 is 0 Å². The standard InChI is InChI=1S/C24H45N3O/c1-19(2)15-22(17-28)27-18-24(26-23(27)25,16-21-11-7-4-8-12-21)14-13-20-9-5-3-6-10-20/h19-22,28H,3-18H2,1-2H3,(H2,25,26)/t22-,24-/m1/s1. The summed E-state index contributed by atoms with van der Waals surface area (Å²) >= 11 is 0. The van der Waals surface area contributed by atoms with Gasteiger partial charge in [0, 0.05) is 6.54 Å². The van der Waals surface area contributed by atoms with Gasteiger partial charge in [-0.05, 0) is 43.4 Å². The second-order valence-electron chi connectivity index (χ2n) is 10.6. The Kier molecular flexibility index (Phi) is 8.08. The molecular formula is C24H45N3O. The van der Waals surface area contributed by atoms with E-state index in [1.807, 2.05) is 0 Å². The second kappa shape index (κ2) is 10.3. The molecule has 4 nitrogen and oxygen atoms in total. The number of nitrogens with zero attached hydrogens (tertiary/aromatic N) is 1. The fourth-order valence-electron chi connectivity index (χ4n) is 6.18. The van der Waals surface area contributed by atoms with Crippen LogP contribution in [-0.2, 0) is 0 Å². The van der Waals surface area contributed by atoms with E-state index in [-0.39, 0.29) is 18.2 Å². The Morgan fingerprint density at radius 2 is 1.64 bits per heavy atom. The summed E-state index contributed by atoms with van der Waals surface area (Å²) in [5.74, 6) is 2.82. The molecule has 3 rings (SSSR count). The van der Waals surface area contributed by atoms with Crippen molar-refractivity contribution in [2.75, 3.05) is 13.2 Å². The molecule has 3 fully saturated rings. The first-order chi connectivity index (χ1) is 13.5. The normalized spacial score (nSPS) is 28.7. The maximum atomic E-state index is 10.0. The van der Waals surface area contributed by atoms with Crippen LogP contribution in [-0.4, -0.2) is 40.7 Å². The maximum Gasteiger partial charge on any atom is 0.191 e. The van der Waals surface area contributed by atoms with E-state index in [4.69, 9.17) is 5.41 Å². The van der Waals surface area contributed by atoms with Crippen LogP contribution < -0.4 is 5.32 Å². The zero-order valence-electron chi connectivity index (χ0n) is 18.5. The van der Waals surface area contributed by atoms with Crippen molar-refractivity contribution < 1.29 is 5.11 Å². The first-order valence-electron chi connectivity index (χ1n) is 12.3. The largest absolute Gasteiger partial charge is 0.394 e. The molecule has 0 unspecified atom stereocenters. The number of aliphatic hydroxyl groups is 1. The van der Waals surface area contributed by atoms with Crippen molar-refractivity contribution in [1.82, 2.24) is 10.2 Å². The fraction of sp³-hybridized carbons (Fsp3) is 0.958. The molecule has 0 aromatic rings. The number of rotatable bonds is 9. The van der Waals surface area contributed by atoms with Gasteiger partial charge in [-0.2, -0.15) is 0 Å². The van der Waals surface area contributed by atoms with Crippen LogP contribution in [0, 0.1) is 23.2 Å². The average molecular weight is 392 g/mol. The molecule has 2 aliphatic carbocycles. The lowest BCUT2D eigenvalue weighted by Crippen LogP contribution is -2.46. The van der Waals surface area contributed by atoms with Gasteiger partial charge in [-0.25, -0.2) is 0 Å². The van der Waals surface area contributed by atoms with Crippen LogP contribution in [0.4, 0.5) is 0 Å². The van der Waals surface area contributed by atoms with E-state index in [0.29, 0.717) is 11.9 Å². The van der Waals surface area contributed by atoms with Gasteiger partial charge in [0.2, 0.25) is 0 Å². The third kappa shape index (κ3) is 5.87. The van der Waals surface area contributed by atoms with Crippen molar-refractivity contribution >= 4 is 5.96 Å². The number of hydrogen-bond donors (Lipinski definition) is 3. The van der Waals surface area contributed by atoms with E-state index in [0.717, 1.165) is 24.8 Å². The Morgan fingerprint density at radius 1 is 1.04 bits per heavy atom. The second-order valence-corrected chi connectivity index (χ2v) is 10.6. The highest BCUT2D eigenvalue weighted by molar-refractivity contribution is 5.80. The van der Waals surface area contributed by atoms with Crippen LogP contribution in [0.25, 0.3) is 0 Å². The fourth-order valence-corrected chi connectivity index (χ4v) is 6.18. The monoisotopic (exact) mass is 391 g/mol. The summed E-state index contributed by atoms with van der Waals surface area (Å²) in [6.07, 6.45) is 18.7. The molecule has 1 heterocycles. The van der Waals surface area contributed by atoms with Crippen LogP contribution >= 0.6 is 0 Å². The highest BCUT2D eigenvalue weighted by Crippen LogP contribution is 2.38. The van der Waals surface area contributed by atoms with Crippen molar-refractivity contribution in [2.45, 2.75) is 115 Å². The van der Waals surface area contributed by atoms with Crippen molar-refractivity contribution in [3.63, 3.8) is 0 Å². The molecule has 2 saturated carbocycles. The molecule has 28 heavy (non-hydrogen) atoms. The van der Waals surface area contributed by atoms with Crippen molar-refractivity contribution in [2.24, 2.45) is 17.8 Å². The minimum Gasteiger partial charge on any atom is -0.394 e. The summed E-state index contributed by atoms with van der Waals surface area (Å²) in [4.78, 5) is 2.20. The van der Waals surface area contributed by atoms with Crippen molar-refractivity contribution in [3.8, 4) is 0 Å². The Bertz CT molecular complexity index is 482. The van der Waals surface area contributed by atoms with Gasteiger partial charge in [-0.1, -0.05) is 78.1 Å². The summed E-state index contributed by atoms with van der Waals surface area (Å²) in [6.45, 7) is 5.51. The third-order valence-electron chi connectivity index (χ3n) is 7.70. The zero-order valence-corrected chi connectivity index (χ0v) is 18.5. The SMILES string of the molecule is CC(C)C[C@H](CO)N1C[C@@](CCC2CCCCC2)(CC2CCCCC2)NC1=N. The Hall–Kier alpha value is -0.770. The summed E-state index contributed by atoms with van der Waals surface area (Å²) < 4.78 is 0. The third-order valence-corrected chi connectivity index (χ3v) is 7.70. The molecule has 0 bridgehead atoms. The first-order valence-corrected chi connectivity index (χ1v) is 12.3. The molecular weight excluding hydrogens is 346 g/mol. The van der Waals surface area contributed by atoms with E-state index in [9.17, 15) is 5.11 Å². The summed E-state index contributed by atoms with van der Waals surface area (Å²) in [6, 6.07) is 0.0860. The molecule has 1 aliphatic heterocycles. The minimum absolute atomic E-state index is 0.0565. The van der Waals surface area contributed by atoms with E-state index in [1.165, 1.54) is 83.5 Å². The number of nitrogens with one attached hydrogen (secondary N) is 2. The minimum atomic E-state index is 0.0565. The predicted octanol–water partition coefficient (Wildman–Crippen LogP) is 5.30. The van der Waals surface area contributed by atoms with E-state index < -0.39 is 0 Å². The molecule has 0 spiro atoms. The first kappa shape index (κ1) is 21.9. The topological polar surface area (TPSA) is 59.4 Å². The van der Waals surface area contributed by atoms with E-state index in [2.05, 4.69) is 24.1 Å². The molecule has 162 valence electrons. The Morgan fingerprint density at radius 3 is 2.21 bits per heavy atom. The van der Waals surface area contributed by atoms with E-state index >= 15 is 0 Å². The number of aliphatic hydroxyl groups excluding tert-OH is 1. The van der Waals surface area contributed by atoms with Crippen LogP contribution in [0.15, 0.2) is 0 Å². The van der Waals surface area contributed by atoms with Gasteiger partial charge in [0.15, 0.2) is 5.96 Å². The molecule has 0 amide bonds. The molecule has 0 aromatic carbocycles. The highest BCUT2D eigenvalue weighted by Gasteiger charge is 2.44. The molecule has 0 radical (unpaired) electrons. The van der Waals surface area contributed by atoms with Crippen LogP contribution in [0.2, 0.25) is 0 Å². The molecule has 2 atom stereocenters. The molecule has 3 aliphatic rings. The predicted molar refractivity (Wildman–Crippen MR) is 118 cm³/mol. The average Bonchev–Trinajstić information content (AvgIpc) is 3.02. The molecule has 4 heteroatoms.